The number of nitrogens with one attached hydrogen (secondary N) is 1. The molecule has 0 aromatic rings. The van der Waals surface area contributed by atoms with Crippen LogP contribution in [0.25, 0.3) is 0 Å². The third kappa shape index (κ3) is 11.1. The van der Waals surface area contributed by atoms with Crippen molar-refractivity contribution < 1.29 is 4.79 Å². The van der Waals surface area contributed by atoms with Gasteiger partial charge in [0.15, 0.2) is 0 Å². The summed E-state index contributed by atoms with van der Waals surface area (Å²) in [7, 11) is 0. The molecular weight excluding hydrogens is 198 g/mol. The largest absolute Gasteiger partial charge is 0.345 e. The zero-order chi connectivity index (χ0) is 12.8. The van der Waals surface area contributed by atoms with Crippen LogP contribution in [-0.2, 0) is 4.79 Å². The van der Waals surface area contributed by atoms with Gasteiger partial charge >= 0.3 is 0 Å². The first-order valence-electron chi connectivity index (χ1n) is 5.87. The Kier molecular flexibility index (Phi) is 5.58. The highest BCUT2D eigenvalue weighted by Crippen LogP contribution is 2.20. The molecule has 0 aliphatic carbocycles. The van der Waals surface area contributed by atoms with Crippen LogP contribution in [0, 0.1) is 22.7 Å². The number of amides is 1. The van der Waals surface area contributed by atoms with Gasteiger partial charge in [0, 0.05) is 11.8 Å². The van der Waals surface area contributed by atoms with E-state index in [2.05, 4.69) is 58.7 Å². The normalized spacial score (nSPS) is 11.6. The van der Waals surface area contributed by atoms with Crippen molar-refractivity contribution in [2.75, 3.05) is 6.54 Å². The summed E-state index contributed by atoms with van der Waals surface area (Å²) in [6.45, 7) is 13.0. The molecule has 0 unspecified atom stereocenters. The van der Waals surface area contributed by atoms with Gasteiger partial charge in [0.05, 0.1) is 6.54 Å². The molecule has 0 aliphatic rings. The number of carbonyl (C=O) groups excluding carboxylic acids is 1. The van der Waals surface area contributed by atoms with E-state index in [0.29, 0.717) is 13.0 Å². The summed E-state index contributed by atoms with van der Waals surface area (Å²) >= 11 is 0. The Balaban J connectivity index is 3.78. The third-order valence-electron chi connectivity index (χ3n) is 1.94. The first kappa shape index (κ1) is 15.0. The van der Waals surface area contributed by atoms with Crippen molar-refractivity contribution in [3.05, 3.63) is 0 Å². The Morgan fingerprint density at radius 2 is 1.69 bits per heavy atom. The van der Waals surface area contributed by atoms with Crippen molar-refractivity contribution in [3.63, 3.8) is 0 Å². The monoisotopic (exact) mass is 223 g/mol. The second-order valence-corrected chi connectivity index (χ2v) is 6.39. The lowest BCUT2D eigenvalue weighted by atomic mass is 9.90. The molecule has 0 radical (unpaired) electrons. The van der Waals surface area contributed by atoms with Gasteiger partial charge in [0.2, 0.25) is 5.91 Å². The van der Waals surface area contributed by atoms with Gasteiger partial charge < -0.3 is 5.32 Å². The van der Waals surface area contributed by atoms with Crippen molar-refractivity contribution in [1.29, 1.82) is 0 Å². The Labute approximate surface area is 100 Å². The molecule has 0 aromatic carbocycles. The molecule has 0 rings (SSSR count). The molecule has 0 spiro atoms. The van der Waals surface area contributed by atoms with Crippen molar-refractivity contribution >= 4 is 5.91 Å². The second kappa shape index (κ2) is 5.94. The van der Waals surface area contributed by atoms with E-state index >= 15 is 0 Å². The van der Waals surface area contributed by atoms with Crippen LogP contribution < -0.4 is 5.32 Å². The maximum absolute atomic E-state index is 11.4. The third-order valence-corrected chi connectivity index (χ3v) is 1.94. The van der Waals surface area contributed by atoms with Crippen molar-refractivity contribution in [2.45, 2.75) is 54.4 Å². The molecule has 0 atom stereocenters. The van der Waals surface area contributed by atoms with Crippen LogP contribution in [0.15, 0.2) is 0 Å². The maximum Gasteiger partial charge on any atom is 0.220 e. The Hall–Kier alpha value is -0.970. The summed E-state index contributed by atoms with van der Waals surface area (Å²) in [4.78, 5) is 11.4. The van der Waals surface area contributed by atoms with E-state index in [1.54, 1.807) is 0 Å². The van der Waals surface area contributed by atoms with Crippen LogP contribution in [0.2, 0.25) is 0 Å². The number of hydrogen-bond acceptors (Lipinski definition) is 1. The van der Waals surface area contributed by atoms with Gasteiger partial charge in [0.25, 0.3) is 0 Å². The summed E-state index contributed by atoms with van der Waals surface area (Å²) < 4.78 is 0. The minimum atomic E-state index is 0.0101. The summed E-state index contributed by atoms with van der Waals surface area (Å²) in [5.41, 5.74) is 0.227. The van der Waals surface area contributed by atoms with Crippen LogP contribution >= 0.6 is 0 Å². The summed E-state index contributed by atoms with van der Waals surface area (Å²) in [5.74, 6) is 6.15. The van der Waals surface area contributed by atoms with Crippen molar-refractivity contribution in [2.24, 2.45) is 10.8 Å². The quantitative estimate of drug-likeness (QED) is 0.732. The molecule has 0 saturated heterocycles. The average molecular weight is 223 g/mol. The van der Waals surface area contributed by atoms with Gasteiger partial charge in [-0.05, 0) is 32.6 Å². The lowest BCUT2D eigenvalue weighted by Crippen LogP contribution is -2.25. The fraction of sp³-hybridized carbons (Fsp3) is 0.786. The van der Waals surface area contributed by atoms with Crippen LogP contribution in [0.1, 0.15) is 54.4 Å². The number of hydrogen-bond donors (Lipinski definition) is 1. The van der Waals surface area contributed by atoms with Gasteiger partial charge in [-0.1, -0.05) is 32.6 Å². The summed E-state index contributed by atoms with van der Waals surface area (Å²) in [6.07, 6.45) is 1.49. The number of carbonyl (C=O) groups is 1. The molecule has 16 heavy (non-hydrogen) atoms. The molecule has 1 N–H and O–H groups in total. The molecule has 0 bridgehead atoms. The molecule has 0 heterocycles. The molecule has 0 aliphatic heterocycles. The molecule has 2 nitrogen and oxygen atoms in total. The fourth-order valence-corrected chi connectivity index (χ4v) is 1.03. The van der Waals surface area contributed by atoms with Crippen molar-refractivity contribution in [3.8, 4) is 11.8 Å². The Morgan fingerprint density at radius 1 is 1.12 bits per heavy atom. The Morgan fingerprint density at radius 3 is 2.12 bits per heavy atom. The first-order valence-corrected chi connectivity index (χ1v) is 5.87. The standard InChI is InChI=1S/C14H25NO/c1-13(2,3)9-7-11-15-12(16)8-10-14(4,5)6/h8,10-11H2,1-6H3,(H,15,16). The molecule has 2 heteroatoms. The van der Waals surface area contributed by atoms with E-state index in [-0.39, 0.29) is 16.7 Å². The molecule has 0 saturated carbocycles. The van der Waals surface area contributed by atoms with Crippen LogP contribution in [0.5, 0.6) is 0 Å². The maximum atomic E-state index is 11.4. The summed E-state index contributed by atoms with van der Waals surface area (Å²) in [6, 6.07) is 0. The van der Waals surface area contributed by atoms with Gasteiger partial charge in [-0.2, -0.15) is 0 Å². The molecule has 92 valence electrons. The van der Waals surface area contributed by atoms with E-state index in [1.165, 1.54) is 0 Å². The lowest BCUT2D eigenvalue weighted by Gasteiger charge is -2.16. The molecule has 1 amide bonds. The predicted octanol–water partition coefficient (Wildman–Crippen LogP) is 2.98. The topological polar surface area (TPSA) is 29.1 Å². The van der Waals surface area contributed by atoms with Gasteiger partial charge in [0.1, 0.15) is 0 Å². The second-order valence-electron chi connectivity index (χ2n) is 6.39. The van der Waals surface area contributed by atoms with Gasteiger partial charge in [-0.15, -0.1) is 0 Å². The first-order chi connectivity index (χ1) is 7.10. The predicted molar refractivity (Wildman–Crippen MR) is 68.9 cm³/mol. The van der Waals surface area contributed by atoms with Crippen LogP contribution in [0.3, 0.4) is 0 Å². The number of rotatable bonds is 3. The average Bonchev–Trinajstić information content (AvgIpc) is 2.06. The SMILES string of the molecule is CC(C)(C)C#CCNC(=O)CCC(C)(C)C. The van der Waals surface area contributed by atoms with Gasteiger partial charge in [-0.25, -0.2) is 0 Å². The van der Waals surface area contributed by atoms with Gasteiger partial charge in [-0.3, -0.25) is 4.79 Å². The molecule has 0 aromatic heterocycles. The highest BCUT2D eigenvalue weighted by molar-refractivity contribution is 5.76. The van der Waals surface area contributed by atoms with E-state index in [4.69, 9.17) is 0 Å². The molecule has 0 fully saturated rings. The van der Waals surface area contributed by atoms with Crippen LogP contribution in [-0.4, -0.2) is 12.5 Å². The van der Waals surface area contributed by atoms with E-state index in [0.717, 1.165) is 6.42 Å². The summed E-state index contributed by atoms with van der Waals surface area (Å²) in [5, 5.41) is 2.82. The smallest absolute Gasteiger partial charge is 0.220 e. The van der Waals surface area contributed by atoms with E-state index in [1.807, 2.05) is 0 Å². The lowest BCUT2D eigenvalue weighted by molar-refractivity contribution is -0.121. The van der Waals surface area contributed by atoms with E-state index < -0.39 is 0 Å². The highest BCUT2D eigenvalue weighted by Gasteiger charge is 2.12. The van der Waals surface area contributed by atoms with Crippen molar-refractivity contribution in [1.82, 2.24) is 5.32 Å². The highest BCUT2D eigenvalue weighted by atomic mass is 16.1. The fourth-order valence-electron chi connectivity index (χ4n) is 1.03. The minimum Gasteiger partial charge on any atom is -0.345 e. The Bertz CT molecular complexity index is 281. The van der Waals surface area contributed by atoms with Crippen LogP contribution in [0.4, 0.5) is 0 Å². The van der Waals surface area contributed by atoms with E-state index in [9.17, 15) is 4.79 Å². The zero-order valence-corrected chi connectivity index (χ0v) is 11.5. The zero-order valence-electron chi connectivity index (χ0n) is 11.5. The minimum absolute atomic E-state index is 0.0101. The molecular formula is C14H25NO.